The average Bonchev–Trinajstić information content (AvgIpc) is 3.46. The number of rotatable bonds is 8. The Labute approximate surface area is 193 Å². The van der Waals surface area contributed by atoms with Gasteiger partial charge in [-0.15, -0.1) is 0 Å². The van der Waals surface area contributed by atoms with Crippen LogP contribution in [-0.2, 0) is 16.1 Å². The second-order valence-electron chi connectivity index (χ2n) is 7.86. The van der Waals surface area contributed by atoms with Crippen molar-refractivity contribution in [2.75, 3.05) is 25.2 Å². The number of hydrogen-bond acceptors (Lipinski definition) is 7. The fourth-order valence-corrected chi connectivity index (χ4v) is 5.02. The average molecular weight is 478 g/mol. The number of carbonyl (C=O) groups excluding carboxylic acids is 1. The smallest absolute Gasteiger partial charge is 0.295 e. The fraction of sp³-hybridized carbons (Fsp3) is 0.455. The van der Waals surface area contributed by atoms with Gasteiger partial charge in [-0.05, 0) is 25.3 Å². The SMILES string of the molecule is COCCn1c(C(F)F)nc2sc(N3CCC[C@@H]3C(=O)N[C@H](C)c3ccccc3)nc2c1=O. The molecule has 3 aromatic rings. The van der Waals surface area contributed by atoms with Crippen molar-refractivity contribution in [1.82, 2.24) is 19.9 Å². The summed E-state index contributed by atoms with van der Waals surface area (Å²) in [6, 6.07) is 9.03. The number of nitrogens with one attached hydrogen (secondary N) is 1. The Bertz CT molecular complexity index is 1180. The summed E-state index contributed by atoms with van der Waals surface area (Å²) in [5, 5.41) is 3.48. The summed E-state index contributed by atoms with van der Waals surface area (Å²) in [4.78, 5) is 36.3. The first kappa shape index (κ1) is 23.2. The molecular formula is C22H25F2N5O3S. The van der Waals surface area contributed by atoms with Crippen LogP contribution in [0.15, 0.2) is 35.1 Å². The van der Waals surface area contributed by atoms with Gasteiger partial charge < -0.3 is 15.0 Å². The Morgan fingerprint density at radius 2 is 2.06 bits per heavy atom. The standard InChI is InChI=1S/C22H25F2N5O3S/c1-13(14-7-4-3-5-8-14)25-19(30)15-9-6-10-28(15)22-26-16-20(33-22)27-18(17(23)24)29(21(16)31)11-12-32-2/h3-5,7-8,13,15,17H,6,9-12H2,1-2H3,(H,25,30)/t13-,15-/m1/s1. The summed E-state index contributed by atoms with van der Waals surface area (Å²) in [6.45, 7) is 2.55. The second kappa shape index (κ2) is 9.92. The zero-order valence-electron chi connectivity index (χ0n) is 18.3. The Balaban J connectivity index is 1.61. The fourth-order valence-electron chi connectivity index (χ4n) is 4.00. The molecule has 0 bridgehead atoms. The number of alkyl halides is 2. The third-order valence-corrected chi connectivity index (χ3v) is 6.70. The highest BCUT2D eigenvalue weighted by molar-refractivity contribution is 7.21. The number of anilines is 1. The van der Waals surface area contributed by atoms with Crippen molar-refractivity contribution in [3.63, 3.8) is 0 Å². The van der Waals surface area contributed by atoms with E-state index in [0.717, 1.165) is 27.9 Å². The molecule has 3 heterocycles. The molecule has 1 fully saturated rings. The van der Waals surface area contributed by atoms with E-state index in [2.05, 4.69) is 15.3 Å². The molecule has 8 nitrogen and oxygen atoms in total. The molecule has 1 aliphatic heterocycles. The number of amides is 1. The minimum atomic E-state index is -2.91. The Hall–Kier alpha value is -2.92. The molecule has 0 unspecified atom stereocenters. The van der Waals surface area contributed by atoms with E-state index in [1.165, 1.54) is 7.11 Å². The number of nitrogens with zero attached hydrogens (tertiary/aromatic N) is 4. The first-order chi connectivity index (χ1) is 15.9. The Morgan fingerprint density at radius 3 is 2.76 bits per heavy atom. The maximum atomic E-state index is 13.6. The molecule has 33 heavy (non-hydrogen) atoms. The molecule has 11 heteroatoms. The summed E-state index contributed by atoms with van der Waals surface area (Å²) >= 11 is 1.06. The van der Waals surface area contributed by atoms with Crippen LogP contribution in [-0.4, -0.2) is 46.7 Å². The first-order valence-electron chi connectivity index (χ1n) is 10.7. The number of methoxy groups -OCH3 is 1. The first-order valence-corrected chi connectivity index (χ1v) is 11.5. The normalized spacial score (nSPS) is 17.1. The quantitative estimate of drug-likeness (QED) is 0.536. The van der Waals surface area contributed by atoms with Crippen LogP contribution in [0.25, 0.3) is 10.3 Å². The molecule has 1 aliphatic rings. The van der Waals surface area contributed by atoms with E-state index in [9.17, 15) is 18.4 Å². The highest BCUT2D eigenvalue weighted by Crippen LogP contribution is 2.32. The maximum absolute atomic E-state index is 13.6. The van der Waals surface area contributed by atoms with Crippen LogP contribution < -0.4 is 15.8 Å². The van der Waals surface area contributed by atoms with Crippen LogP contribution in [0.3, 0.4) is 0 Å². The summed E-state index contributed by atoms with van der Waals surface area (Å²) in [6.07, 6.45) is -1.49. The number of aromatic nitrogens is 3. The van der Waals surface area contributed by atoms with Crippen molar-refractivity contribution < 1.29 is 18.3 Å². The van der Waals surface area contributed by atoms with E-state index in [-0.39, 0.29) is 35.4 Å². The summed E-state index contributed by atoms with van der Waals surface area (Å²) in [5.74, 6) is -0.742. The molecule has 1 N–H and O–H groups in total. The van der Waals surface area contributed by atoms with E-state index in [0.29, 0.717) is 18.1 Å². The minimum absolute atomic E-state index is 0.0271. The molecule has 176 valence electrons. The van der Waals surface area contributed by atoms with Crippen LogP contribution in [0.5, 0.6) is 0 Å². The minimum Gasteiger partial charge on any atom is -0.383 e. The van der Waals surface area contributed by atoms with Gasteiger partial charge in [-0.1, -0.05) is 41.7 Å². The van der Waals surface area contributed by atoms with Gasteiger partial charge in [0.15, 0.2) is 21.3 Å². The molecular weight excluding hydrogens is 452 g/mol. The number of halogens is 2. The molecule has 1 saturated heterocycles. The number of ether oxygens (including phenoxy) is 1. The predicted octanol–water partition coefficient (Wildman–Crippen LogP) is 3.28. The van der Waals surface area contributed by atoms with Gasteiger partial charge in [0.25, 0.3) is 12.0 Å². The summed E-state index contributed by atoms with van der Waals surface area (Å²) in [5.41, 5.74) is 0.391. The summed E-state index contributed by atoms with van der Waals surface area (Å²) in [7, 11) is 1.43. The van der Waals surface area contributed by atoms with Gasteiger partial charge in [-0.2, -0.15) is 0 Å². The lowest BCUT2D eigenvalue weighted by molar-refractivity contribution is -0.122. The largest absolute Gasteiger partial charge is 0.383 e. The monoisotopic (exact) mass is 477 g/mol. The van der Waals surface area contributed by atoms with Crippen molar-refractivity contribution in [2.24, 2.45) is 0 Å². The number of hydrogen-bond donors (Lipinski definition) is 1. The van der Waals surface area contributed by atoms with Crippen molar-refractivity contribution in [2.45, 2.75) is 44.8 Å². The van der Waals surface area contributed by atoms with Crippen LogP contribution in [0.2, 0.25) is 0 Å². The predicted molar refractivity (Wildman–Crippen MR) is 122 cm³/mol. The van der Waals surface area contributed by atoms with Crippen LogP contribution in [0.1, 0.15) is 43.6 Å². The lowest BCUT2D eigenvalue weighted by atomic mass is 10.1. The zero-order valence-corrected chi connectivity index (χ0v) is 19.1. The van der Waals surface area contributed by atoms with Gasteiger partial charge in [-0.3, -0.25) is 14.2 Å². The van der Waals surface area contributed by atoms with Crippen LogP contribution in [0, 0.1) is 0 Å². The summed E-state index contributed by atoms with van der Waals surface area (Å²) < 4.78 is 33.0. The number of benzene rings is 1. The highest BCUT2D eigenvalue weighted by Gasteiger charge is 2.34. The second-order valence-corrected chi connectivity index (χ2v) is 8.82. The Morgan fingerprint density at radius 1 is 1.30 bits per heavy atom. The van der Waals surface area contributed by atoms with Crippen molar-refractivity contribution in [1.29, 1.82) is 0 Å². The van der Waals surface area contributed by atoms with Gasteiger partial charge in [0, 0.05) is 13.7 Å². The van der Waals surface area contributed by atoms with Gasteiger partial charge in [0.1, 0.15) is 6.04 Å². The number of thiazole rings is 1. The molecule has 1 aromatic carbocycles. The lowest BCUT2D eigenvalue weighted by Gasteiger charge is -2.25. The zero-order chi connectivity index (χ0) is 23.5. The molecule has 0 saturated carbocycles. The van der Waals surface area contributed by atoms with Crippen molar-refractivity contribution in [3.8, 4) is 0 Å². The molecule has 2 aromatic heterocycles. The maximum Gasteiger partial charge on any atom is 0.295 e. The van der Waals surface area contributed by atoms with Gasteiger partial charge in [0.05, 0.1) is 19.2 Å². The molecule has 1 amide bonds. The van der Waals surface area contributed by atoms with E-state index in [4.69, 9.17) is 4.74 Å². The van der Waals surface area contributed by atoms with E-state index >= 15 is 0 Å². The van der Waals surface area contributed by atoms with Gasteiger partial charge in [-0.25, -0.2) is 18.7 Å². The van der Waals surface area contributed by atoms with Crippen molar-refractivity contribution >= 4 is 32.7 Å². The topological polar surface area (TPSA) is 89.3 Å². The van der Waals surface area contributed by atoms with E-state index < -0.39 is 23.9 Å². The number of fused-ring (bicyclic) bond motifs is 1. The third-order valence-electron chi connectivity index (χ3n) is 5.71. The lowest BCUT2D eigenvalue weighted by Crippen LogP contribution is -2.44. The van der Waals surface area contributed by atoms with E-state index in [1.54, 1.807) is 0 Å². The molecule has 0 radical (unpaired) electrons. The van der Waals surface area contributed by atoms with Gasteiger partial charge >= 0.3 is 0 Å². The third kappa shape index (κ3) is 4.74. The molecule has 4 rings (SSSR count). The molecule has 0 spiro atoms. The number of carbonyl (C=O) groups is 1. The Kier molecular flexibility index (Phi) is 6.99. The molecule has 0 aliphatic carbocycles. The van der Waals surface area contributed by atoms with Crippen LogP contribution in [0.4, 0.5) is 13.9 Å². The molecule has 2 atom stereocenters. The highest BCUT2D eigenvalue weighted by atomic mass is 32.1. The van der Waals surface area contributed by atoms with Gasteiger partial charge in [0.2, 0.25) is 5.91 Å². The van der Waals surface area contributed by atoms with Crippen molar-refractivity contribution in [3.05, 3.63) is 52.1 Å². The van der Waals surface area contributed by atoms with E-state index in [1.807, 2.05) is 42.2 Å². The van der Waals surface area contributed by atoms with Crippen LogP contribution >= 0.6 is 11.3 Å².